The van der Waals surface area contributed by atoms with Crippen molar-refractivity contribution in [2.45, 2.75) is 89.3 Å². The summed E-state index contributed by atoms with van der Waals surface area (Å²) in [4.78, 5) is 2.89. The molecule has 2 saturated carbocycles. The Morgan fingerprint density at radius 2 is 1.74 bits per heavy atom. The quantitative estimate of drug-likeness (QED) is 0.729. The molecule has 0 radical (unpaired) electrons. The van der Waals surface area contributed by atoms with E-state index in [-0.39, 0.29) is 0 Å². The van der Waals surface area contributed by atoms with E-state index in [2.05, 4.69) is 24.1 Å². The van der Waals surface area contributed by atoms with Crippen molar-refractivity contribution in [1.29, 1.82) is 0 Å². The lowest BCUT2D eigenvalue weighted by Gasteiger charge is -2.48. The zero-order valence-electron chi connectivity index (χ0n) is 13.0. The monoisotopic (exact) mass is 264 g/mol. The Morgan fingerprint density at radius 1 is 0.947 bits per heavy atom. The maximum absolute atomic E-state index is 3.90. The zero-order chi connectivity index (χ0) is 13.3. The summed E-state index contributed by atoms with van der Waals surface area (Å²) in [5.41, 5.74) is 0.491. The predicted molar refractivity (Wildman–Crippen MR) is 81.4 cm³/mol. The summed E-state index contributed by atoms with van der Waals surface area (Å²) in [7, 11) is 0. The van der Waals surface area contributed by atoms with E-state index < -0.39 is 0 Å². The van der Waals surface area contributed by atoms with Crippen LogP contribution in [0.3, 0.4) is 0 Å². The Morgan fingerprint density at radius 3 is 2.53 bits per heavy atom. The van der Waals surface area contributed by atoms with Crippen LogP contribution in [0.4, 0.5) is 0 Å². The highest BCUT2D eigenvalue weighted by Crippen LogP contribution is 2.36. The van der Waals surface area contributed by atoms with Gasteiger partial charge in [-0.2, -0.15) is 0 Å². The van der Waals surface area contributed by atoms with Gasteiger partial charge in [-0.05, 0) is 44.9 Å². The first-order chi connectivity index (χ1) is 9.19. The number of piperazine rings is 1. The van der Waals surface area contributed by atoms with E-state index in [9.17, 15) is 0 Å². The van der Waals surface area contributed by atoms with Crippen molar-refractivity contribution in [3.8, 4) is 0 Å². The van der Waals surface area contributed by atoms with Crippen LogP contribution in [0.2, 0.25) is 0 Å². The smallest absolute Gasteiger partial charge is 0.0309 e. The highest BCUT2D eigenvalue weighted by molar-refractivity contribution is 5.01. The lowest BCUT2D eigenvalue weighted by Crippen LogP contribution is -2.64. The van der Waals surface area contributed by atoms with Gasteiger partial charge in [-0.1, -0.05) is 32.6 Å². The normalized spacial score (nSPS) is 40.4. The second-order valence-corrected chi connectivity index (χ2v) is 7.66. The van der Waals surface area contributed by atoms with Gasteiger partial charge in [0, 0.05) is 30.7 Å². The lowest BCUT2D eigenvalue weighted by atomic mass is 9.90. The summed E-state index contributed by atoms with van der Waals surface area (Å²) in [5.74, 6) is 0.962. The molecule has 0 aromatic carbocycles. The number of hydrogen-bond donors (Lipinski definition) is 1. The van der Waals surface area contributed by atoms with Crippen LogP contribution in [-0.4, -0.2) is 35.6 Å². The van der Waals surface area contributed by atoms with Gasteiger partial charge in [-0.25, -0.2) is 0 Å². The van der Waals surface area contributed by atoms with Crippen molar-refractivity contribution in [2.24, 2.45) is 5.92 Å². The van der Waals surface area contributed by atoms with Crippen LogP contribution in [0.25, 0.3) is 0 Å². The van der Waals surface area contributed by atoms with Gasteiger partial charge in [0.2, 0.25) is 0 Å². The molecular formula is C17H32N2. The largest absolute Gasteiger partial charge is 0.308 e. The number of hydrogen-bond acceptors (Lipinski definition) is 2. The van der Waals surface area contributed by atoms with Crippen LogP contribution >= 0.6 is 0 Å². The van der Waals surface area contributed by atoms with Gasteiger partial charge in [0.15, 0.2) is 0 Å². The Bertz CT molecular complexity index is 296. The van der Waals surface area contributed by atoms with Gasteiger partial charge in [-0.15, -0.1) is 0 Å². The van der Waals surface area contributed by atoms with Gasteiger partial charge in [0.1, 0.15) is 0 Å². The van der Waals surface area contributed by atoms with Crippen molar-refractivity contribution < 1.29 is 0 Å². The van der Waals surface area contributed by atoms with Crippen LogP contribution in [0, 0.1) is 5.92 Å². The van der Waals surface area contributed by atoms with E-state index >= 15 is 0 Å². The minimum Gasteiger partial charge on any atom is -0.308 e. The van der Waals surface area contributed by atoms with E-state index in [0.717, 1.165) is 18.0 Å². The summed E-state index contributed by atoms with van der Waals surface area (Å²) < 4.78 is 0. The van der Waals surface area contributed by atoms with Gasteiger partial charge >= 0.3 is 0 Å². The third-order valence-corrected chi connectivity index (χ3v) is 6.08. The Balaban J connectivity index is 1.67. The third-order valence-electron chi connectivity index (χ3n) is 6.08. The molecule has 0 amide bonds. The predicted octanol–water partition coefficient (Wildman–Crippen LogP) is 3.56. The van der Waals surface area contributed by atoms with E-state index in [0.29, 0.717) is 5.54 Å². The summed E-state index contributed by atoms with van der Waals surface area (Å²) in [6.45, 7) is 7.42. The fourth-order valence-electron chi connectivity index (χ4n) is 4.72. The van der Waals surface area contributed by atoms with Crippen LogP contribution in [0.15, 0.2) is 0 Å². The van der Waals surface area contributed by atoms with Gasteiger partial charge in [-0.3, -0.25) is 4.90 Å². The SMILES string of the molecule is CC1CCCC(N2CC3(CCCC3)NCC2C)CC1. The average molecular weight is 264 g/mol. The standard InChI is InChI=1S/C17H32N2/c1-14-6-5-7-16(9-8-14)19-13-17(10-3-4-11-17)18-12-15(19)2/h14-16,18H,3-13H2,1-2H3. The average Bonchev–Trinajstić information content (AvgIpc) is 2.74. The molecule has 1 aliphatic heterocycles. The highest BCUT2D eigenvalue weighted by Gasteiger charge is 2.41. The minimum absolute atomic E-state index is 0.491. The van der Waals surface area contributed by atoms with Crippen molar-refractivity contribution in [1.82, 2.24) is 10.2 Å². The molecule has 3 atom stereocenters. The molecule has 2 heteroatoms. The molecule has 3 unspecified atom stereocenters. The maximum atomic E-state index is 3.90. The fourth-order valence-corrected chi connectivity index (χ4v) is 4.72. The molecule has 2 nitrogen and oxygen atoms in total. The third kappa shape index (κ3) is 3.00. The maximum Gasteiger partial charge on any atom is 0.0309 e. The number of rotatable bonds is 1. The van der Waals surface area contributed by atoms with Crippen LogP contribution < -0.4 is 5.32 Å². The molecule has 0 bridgehead atoms. The summed E-state index contributed by atoms with van der Waals surface area (Å²) in [5, 5.41) is 3.90. The molecule has 2 aliphatic carbocycles. The molecule has 3 fully saturated rings. The van der Waals surface area contributed by atoms with E-state index in [4.69, 9.17) is 0 Å². The van der Waals surface area contributed by atoms with E-state index in [1.165, 1.54) is 70.9 Å². The topological polar surface area (TPSA) is 15.3 Å². The van der Waals surface area contributed by atoms with Gasteiger partial charge in [0.05, 0.1) is 0 Å². The second kappa shape index (κ2) is 5.73. The first-order valence-corrected chi connectivity index (χ1v) is 8.69. The lowest BCUT2D eigenvalue weighted by molar-refractivity contribution is 0.0440. The molecule has 1 N–H and O–H groups in total. The van der Waals surface area contributed by atoms with Crippen molar-refractivity contribution in [3.05, 3.63) is 0 Å². The van der Waals surface area contributed by atoms with Gasteiger partial charge in [0.25, 0.3) is 0 Å². The van der Waals surface area contributed by atoms with E-state index in [1.807, 2.05) is 0 Å². The molecule has 110 valence electrons. The molecule has 0 aromatic heterocycles. The minimum atomic E-state index is 0.491. The van der Waals surface area contributed by atoms with Crippen LogP contribution in [0.5, 0.6) is 0 Å². The summed E-state index contributed by atoms with van der Waals surface area (Å²) in [6.07, 6.45) is 13.0. The molecule has 1 heterocycles. The Kier molecular flexibility index (Phi) is 4.19. The number of nitrogens with one attached hydrogen (secondary N) is 1. The molecule has 19 heavy (non-hydrogen) atoms. The Labute approximate surface area is 119 Å². The second-order valence-electron chi connectivity index (χ2n) is 7.66. The first kappa shape index (κ1) is 13.9. The Hall–Kier alpha value is -0.0800. The zero-order valence-corrected chi connectivity index (χ0v) is 13.0. The van der Waals surface area contributed by atoms with Gasteiger partial charge < -0.3 is 5.32 Å². The summed E-state index contributed by atoms with van der Waals surface area (Å²) >= 11 is 0. The van der Waals surface area contributed by atoms with Crippen molar-refractivity contribution in [2.75, 3.05) is 13.1 Å². The molecule has 3 rings (SSSR count). The molecule has 3 aliphatic rings. The molecule has 1 spiro atoms. The first-order valence-electron chi connectivity index (χ1n) is 8.69. The molecule has 1 saturated heterocycles. The summed E-state index contributed by atoms with van der Waals surface area (Å²) in [6, 6.07) is 1.61. The fraction of sp³-hybridized carbons (Fsp3) is 1.00. The molecular weight excluding hydrogens is 232 g/mol. The molecule has 0 aromatic rings. The number of nitrogens with zero attached hydrogens (tertiary/aromatic N) is 1. The van der Waals surface area contributed by atoms with Crippen LogP contribution in [-0.2, 0) is 0 Å². The van der Waals surface area contributed by atoms with E-state index in [1.54, 1.807) is 0 Å². The van der Waals surface area contributed by atoms with Crippen molar-refractivity contribution >= 4 is 0 Å². The van der Waals surface area contributed by atoms with Crippen molar-refractivity contribution in [3.63, 3.8) is 0 Å². The van der Waals surface area contributed by atoms with Crippen LogP contribution in [0.1, 0.15) is 71.6 Å². The highest BCUT2D eigenvalue weighted by atomic mass is 15.3.